The maximum atomic E-state index is 8.85. The van der Waals surface area contributed by atoms with Crippen LogP contribution in [0, 0.1) is 0 Å². The zero-order chi connectivity index (χ0) is 12.8. The van der Waals surface area contributed by atoms with Crippen LogP contribution in [0.4, 0.5) is 0 Å². The maximum Gasteiger partial charge on any atom is 0.166 e. The summed E-state index contributed by atoms with van der Waals surface area (Å²) in [6.07, 6.45) is 1.90. The Balaban J connectivity index is 2.16. The Labute approximate surface area is 107 Å². The van der Waals surface area contributed by atoms with Crippen LogP contribution in [0.5, 0.6) is 11.5 Å². The average Bonchev–Trinajstić information content (AvgIpc) is 2.42. The molecule has 0 bridgehead atoms. The van der Waals surface area contributed by atoms with Gasteiger partial charge >= 0.3 is 0 Å². The lowest BCUT2D eigenvalue weighted by molar-refractivity contribution is 0.0238. The molecule has 0 aromatic heterocycles. The molecule has 0 aliphatic carbocycles. The molecule has 0 atom stereocenters. The molecule has 1 aliphatic heterocycles. The van der Waals surface area contributed by atoms with Crippen LogP contribution >= 0.6 is 0 Å². The van der Waals surface area contributed by atoms with Gasteiger partial charge in [0.1, 0.15) is 6.10 Å². The number of ether oxygens (including phenoxy) is 3. The third-order valence-corrected chi connectivity index (χ3v) is 3.00. The Morgan fingerprint density at radius 2 is 2.17 bits per heavy atom. The summed E-state index contributed by atoms with van der Waals surface area (Å²) in [5.74, 6) is 1.39. The van der Waals surface area contributed by atoms with Gasteiger partial charge in [-0.3, -0.25) is 0 Å². The largest absolute Gasteiger partial charge is 0.493 e. The Morgan fingerprint density at radius 3 is 2.83 bits per heavy atom. The van der Waals surface area contributed by atoms with E-state index in [4.69, 9.17) is 19.4 Å². The molecule has 1 aromatic rings. The highest BCUT2D eigenvalue weighted by Crippen LogP contribution is 2.33. The van der Waals surface area contributed by atoms with Crippen molar-refractivity contribution < 1.29 is 19.4 Å². The molecule has 1 saturated heterocycles. The van der Waals surface area contributed by atoms with E-state index in [0.29, 0.717) is 18.0 Å². The summed E-state index contributed by atoms with van der Waals surface area (Å²) in [7, 11) is 1.61. The summed E-state index contributed by atoms with van der Waals surface area (Å²) in [4.78, 5) is 0. The zero-order valence-corrected chi connectivity index (χ0v) is 10.5. The highest BCUT2D eigenvalue weighted by Gasteiger charge is 2.19. The summed E-state index contributed by atoms with van der Waals surface area (Å²) in [5.41, 5.74) is 3.03. The first kappa shape index (κ1) is 13.1. The second-order valence-electron chi connectivity index (χ2n) is 4.21. The SMILES string of the molecule is COc1cccc(CNO)c1OC1CCOCC1. The number of methoxy groups -OCH3 is 1. The lowest BCUT2D eigenvalue weighted by atomic mass is 10.1. The summed E-state index contributed by atoms with van der Waals surface area (Å²) in [5, 5.41) is 8.85. The Bertz CT molecular complexity index is 377. The molecule has 5 nitrogen and oxygen atoms in total. The van der Waals surface area contributed by atoms with Gasteiger partial charge in [-0.2, -0.15) is 0 Å². The fourth-order valence-corrected chi connectivity index (χ4v) is 2.04. The van der Waals surface area contributed by atoms with Gasteiger partial charge in [-0.05, 0) is 6.07 Å². The van der Waals surface area contributed by atoms with Crippen molar-refractivity contribution in [3.8, 4) is 11.5 Å². The quantitative estimate of drug-likeness (QED) is 0.783. The van der Waals surface area contributed by atoms with Gasteiger partial charge in [0.2, 0.25) is 0 Å². The van der Waals surface area contributed by atoms with Crippen LogP contribution in [0.15, 0.2) is 18.2 Å². The lowest BCUT2D eigenvalue weighted by Crippen LogP contribution is -2.26. The van der Waals surface area contributed by atoms with E-state index in [9.17, 15) is 0 Å². The van der Waals surface area contributed by atoms with E-state index in [1.165, 1.54) is 0 Å². The summed E-state index contributed by atoms with van der Waals surface area (Å²) >= 11 is 0. The molecule has 1 fully saturated rings. The number of rotatable bonds is 5. The number of para-hydroxylation sites is 1. The van der Waals surface area contributed by atoms with E-state index < -0.39 is 0 Å². The first-order chi connectivity index (χ1) is 8.85. The molecule has 0 spiro atoms. The van der Waals surface area contributed by atoms with Crippen molar-refractivity contribution in [2.24, 2.45) is 0 Å². The number of nitrogens with one attached hydrogen (secondary N) is 1. The Kier molecular flexibility index (Phi) is 4.81. The molecule has 2 N–H and O–H groups in total. The van der Waals surface area contributed by atoms with E-state index >= 15 is 0 Å². The normalized spacial score (nSPS) is 16.6. The molecule has 0 amide bonds. The average molecular weight is 253 g/mol. The molecule has 0 saturated carbocycles. The minimum absolute atomic E-state index is 0.146. The molecule has 1 heterocycles. The minimum Gasteiger partial charge on any atom is -0.493 e. The number of hydroxylamine groups is 1. The summed E-state index contributed by atoms with van der Waals surface area (Å²) in [6, 6.07) is 5.64. The van der Waals surface area contributed by atoms with Crippen LogP contribution in [0.2, 0.25) is 0 Å². The van der Waals surface area contributed by atoms with Crippen LogP contribution in [0.25, 0.3) is 0 Å². The molecule has 100 valence electrons. The highest BCUT2D eigenvalue weighted by molar-refractivity contribution is 5.46. The van der Waals surface area contributed by atoms with Crippen LogP contribution in [0.1, 0.15) is 18.4 Å². The van der Waals surface area contributed by atoms with E-state index in [-0.39, 0.29) is 6.10 Å². The van der Waals surface area contributed by atoms with Gasteiger partial charge in [-0.15, -0.1) is 0 Å². The number of hydrogen-bond donors (Lipinski definition) is 2. The van der Waals surface area contributed by atoms with Gasteiger partial charge in [-0.1, -0.05) is 12.1 Å². The van der Waals surface area contributed by atoms with Crippen LogP contribution < -0.4 is 15.0 Å². The summed E-state index contributed by atoms with van der Waals surface area (Å²) < 4.78 is 16.6. The molecule has 2 rings (SSSR count). The second kappa shape index (κ2) is 6.58. The van der Waals surface area contributed by atoms with E-state index in [1.807, 2.05) is 18.2 Å². The van der Waals surface area contributed by atoms with Gasteiger partial charge in [0.05, 0.1) is 20.3 Å². The van der Waals surface area contributed by atoms with Crippen LogP contribution in [-0.4, -0.2) is 31.6 Å². The Morgan fingerprint density at radius 1 is 1.39 bits per heavy atom. The van der Waals surface area contributed by atoms with Gasteiger partial charge < -0.3 is 19.4 Å². The van der Waals surface area contributed by atoms with Crippen molar-refractivity contribution in [2.45, 2.75) is 25.5 Å². The smallest absolute Gasteiger partial charge is 0.166 e. The van der Waals surface area contributed by atoms with Gasteiger partial charge in [0, 0.05) is 24.9 Å². The molecule has 0 unspecified atom stereocenters. The number of hydrogen-bond acceptors (Lipinski definition) is 5. The van der Waals surface area contributed by atoms with Crippen molar-refractivity contribution in [1.29, 1.82) is 0 Å². The molecule has 5 heteroatoms. The molecule has 1 aromatic carbocycles. The molecule has 18 heavy (non-hydrogen) atoms. The zero-order valence-electron chi connectivity index (χ0n) is 10.5. The van der Waals surface area contributed by atoms with Gasteiger partial charge in [-0.25, -0.2) is 5.48 Å². The third-order valence-electron chi connectivity index (χ3n) is 3.00. The van der Waals surface area contributed by atoms with Gasteiger partial charge in [0.15, 0.2) is 11.5 Å². The molecular weight excluding hydrogens is 234 g/mol. The van der Waals surface area contributed by atoms with Crippen molar-refractivity contribution in [2.75, 3.05) is 20.3 Å². The monoisotopic (exact) mass is 253 g/mol. The fraction of sp³-hybridized carbons (Fsp3) is 0.538. The first-order valence-corrected chi connectivity index (χ1v) is 6.12. The molecule has 0 radical (unpaired) electrons. The highest BCUT2D eigenvalue weighted by atomic mass is 16.5. The fourth-order valence-electron chi connectivity index (χ4n) is 2.04. The second-order valence-corrected chi connectivity index (χ2v) is 4.21. The maximum absolute atomic E-state index is 8.85. The van der Waals surface area contributed by atoms with Crippen LogP contribution in [-0.2, 0) is 11.3 Å². The first-order valence-electron chi connectivity index (χ1n) is 6.12. The van der Waals surface area contributed by atoms with Crippen molar-refractivity contribution >= 4 is 0 Å². The molecule has 1 aliphatic rings. The Hall–Kier alpha value is -1.30. The topological polar surface area (TPSA) is 60.0 Å². The predicted octanol–water partition coefficient (Wildman–Crippen LogP) is 1.73. The van der Waals surface area contributed by atoms with Crippen molar-refractivity contribution in [1.82, 2.24) is 5.48 Å². The van der Waals surface area contributed by atoms with E-state index in [0.717, 1.165) is 31.6 Å². The summed E-state index contributed by atoms with van der Waals surface area (Å²) in [6.45, 7) is 1.79. The standard InChI is InChI=1S/C13H19NO4/c1-16-12-4-2-3-10(9-14-15)13(12)18-11-5-7-17-8-6-11/h2-4,11,14-15H,5-9H2,1H3. The number of benzene rings is 1. The molecular formula is C13H19NO4. The van der Waals surface area contributed by atoms with Crippen molar-refractivity contribution in [3.63, 3.8) is 0 Å². The van der Waals surface area contributed by atoms with E-state index in [1.54, 1.807) is 7.11 Å². The predicted molar refractivity (Wildman–Crippen MR) is 66.1 cm³/mol. The third kappa shape index (κ3) is 3.13. The van der Waals surface area contributed by atoms with Crippen molar-refractivity contribution in [3.05, 3.63) is 23.8 Å². The lowest BCUT2D eigenvalue weighted by Gasteiger charge is -2.25. The van der Waals surface area contributed by atoms with Crippen LogP contribution in [0.3, 0.4) is 0 Å². The van der Waals surface area contributed by atoms with E-state index in [2.05, 4.69) is 5.48 Å². The minimum atomic E-state index is 0.146. The van der Waals surface area contributed by atoms with Gasteiger partial charge in [0.25, 0.3) is 0 Å².